The summed E-state index contributed by atoms with van der Waals surface area (Å²) in [5.41, 5.74) is 9.37. The van der Waals surface area contributed by atoms with Crippen LogP contribution >= 0.6 is 0 Å². The Morgan fingerprint density at radius 3 is 1.63 bits per heavy atom. The van der Waals surface area contributed by atoms with Crippen molar-refractivity contribution in [3.8, 4) is 17.1 Å². The van der Waals surface area contributed by atoms with Gasteiger partial charge in [0.15, 0.2) is 0 Å². The van der Waals surface area contributed by atoms with Crippen molar-refractivity contribution in [3.63, 3.8) is 0 Å². The summed E-state index contributed by atoms with van der Waals surface area (Å²) in [6.07, 6.45) is 0. The number of aromatic nitrogens is 3. The molecule has 0 amide bonds. The van der Waals surface area contributed by atoms with E-state index < -0.39 is 0 Å². The zero-order chi connectivity index (χ0) is 35.5. The third-order valence-electron chi connectivity index (χ3n) is 11.2. The standard InChI is InChI=1S/C49H29N3O2/c53-49-47-37(25-26-38-33-17-7-11-21-42(33)51(48(38)47)32-23-24-36-35-19-9-12-22-45(35)54-46(36)27-32)40-28-39-34-18-8-10-20-41(34)50(30-13-3-1-4-14-30)43(39)29-44(40)52(49)31-15-5-2-6-16-31/h1-29H. The van der Waals surface area contributed by atoms with Gasteiger partial charge >= 0.3 is 0 Å². The molecule has 0 unspecified atom stereocenters. The smallest absolute Gasteiger partial charge is 0.265 e. The highest BCUT2D eigenvalue weighted by atomic mass is 16.3. The minimum Gasteiger partial charge on any atom is -0.456 e. The number of nitrogens with zero attached hydrogens (tertiary/aromatic N) is 3. The number of rotatable bonds is 3. The largest absolute Gasteiger partial charge is 0.456 e. The first-order chi connectivity index (χ1) is 26.7. The molecule has 0 bridgehead atoms. The van der Waals surface area contributed by atoms with Crippen molar-refractivity contribution >= 4 is 87.2 Å². The van der Waals surface area contributed by atoms with Gasteiger partial charge in [-0.2, -0.15) is 0 Å². The maximum Gasteiger partial charge on any atom is 0.265 e. The predicted molar refractivity (Wildman–Crippen MR) is 223 cm³/mol. The van der Waals surface area contributed by atoms with Gasteiger partial charge in [-0.15, -0.1) is 0 Å². The lowest BCUT2D eigenvalue weighted by Gasteiger charge is -2.16. The predicted octanol–water partition coefficient (Wildman–Crippen LogP) is 12.2. The van der Waals surface area contributed by atoms with Crippen LogP contribution in [0.25, 0.3) is 104 Å². The molecule has 0 saturated carbocycles. The van der Waals surface area contributed by atoms with Gasteiger partial charge in [0.05, 0.1) is 33.0 Å². The van der Waals surface area contributed by atoms with Gasteiger partial charge in [-0.1, -0.05) is 103 Å². The molecular weight excluding hydrogens is 663 g/mol. The van der Waals surface area contributed by atoms with Crippen LogP contribution in [0.15, 0.2) is 185 Å². The van der Waals surface area contributed by atoms with E-state index in [-0.39, 0.29) is 5.56 Å². The number of hydrogen-bond acceptors (Lipinski definition) is 2. The fourth-order valence-corrected chi connectivity index (χ4v) is 8.94. The molecule has 0 spiro atoms. The first-order valence-electron chi connectivity index (χ1n) is 18.2. The molecule has 0 radical (unpaired) electrons. The molecule has 0 aliphatic carbocycles. The van der Waals surface area contributed by atoms with Crippen molar-refractivity contribution in [3.05, 3.63) is 186 Å². The van der Waals surface area contributed by atoms with Crippen molar-refractivity contribution in [2.24, 2.45) is 0 Å². The van der Waals surface area contributed by atoms with Gasteiger partial charge in [-0.25, -0.2) is 0 Å². The molecule has 12 rings (SSSR count). The number of para-hydroxylation sites is 5. The average molecular weight is 692 g/mol. The number of benzene rings is 8. The third kappa shape index (κ3) is 3.90. The lowest BCUT2D eigenvalue weighted by Crippen LogP contribution is -2.20. The van der Waals surface area contributed by atoms with Crippen LogP contribution in [0.1, 0.15) is 0 Å². The summed E-state index contributed by atoms with van der Waals surface area (Å²) < 4.78 is 12.9. The van der Waals surface area contributed by atoms with Crippen LogP contribution in [0.5, 0.6) is 0 Å². The van der Waals surface area contributed by atoms with Crippen molar-refractivity contribution in [1.29, 1.82) is 0 Å². The summed E-state index contributed by atoms with van der Waals surface area (Å²) in [4.78, 5) is 15.5. The number of hydrogen-bond donors (Lipinski definition) is 0. The molecule has 0 N–H and O–H groups in total. The quantitative estimate of drug-likeness (QED) is 0.173. The van der Waals surface area contributed by atoms with Crippen LogP contribution in [0.2, 0.25) is 0 Å². The summed E-state index contributed by atoms with van der Waals surface area (Å²) in [6, 6.07) is 60.9. The molecule has 0 aliphatic heterocycles. The van der Waals surface area contributed by atoms with Crippen molar-refractivity contribution in [2.75, 3.05) is 0 Å². The summed E-state index contributed by atoms with van der Waals surface area (Å²) in [5, 5.41) is 9.18. The summed E-state index contributed by atoms with van der Waals surface area (Å²) in [6.45, 7) is 0. The molecule has 0 aliphatic rings. The number of furan rings is 1. The van der Waals surface area contributed by atoms with E-state index in [9.17, 15) is 0 Å². The normalized spacial score (nSPS) is 12.1. The summed E-state index contributed by atoms with van der Waals surface area (Å²) >= 11 is 0. The topological polar surface area (TPSA) is 45.0 Å². The van der Waals surface area contributed by atoms with E-state index in [0.717, 1.165) is 98.9 Å². The monoisotopic (exact) mass is 691 g/mol. The second-order valence-electron chi connectivity index (χ2n) is 14.1. The van der Waals surface area contributed by atoms with E-state index in [1.807, 2.05) is 59.2 Å². The van der Waals surface area contributed by atoms with Gasteiger partial charge in [0.2, 0.25) is 0 Å². The zero-order valence-electron chi connectivity index (χ0n) is 28.9. The highest BCUT2D eigenvalue weighted by Crippen LogP contribution is 2.41. The number of fused-ring (bicyclic) bond motifs is 13. The highest BCUT2D eigenvalue weighted by molar-refractivity contribution is 6.25. The van der Waals surface area contributed by atoms with E-state index >= 15 is 4.79 Å². The van der Waals surface area contributed by atoms with E-state index in [2.05, 4.69) is 130 Å². The van der Waals surface area contributed by atoms with Crippen LogP contribution in [-0.2, 0) is 0 Å². The molecule has 54 heavy (non-hydrogen) atoms. The lowest BCUT2D eigenvalue weighted by molar-refractivity contribution is 0.668. The summed E-state index contributed by atoms with van der Waals surface area (Å²) in [5.74, 6) is 0. The Kier molecular flexibility index (Phi) is 5.86. The third-order valence-corrected chi connectivity index (χ3v) is 11.2. The van der Waals surface area contributed by atoms with Gasteiger partial charge in [-0.05, 0) is 72.1 Å². The minimum absolute atomic E-state index is 0.0649. The Morgan fingerprint density at radius 2 is 0.870 bits per heavy atom. The number of pyridine rings is 1. The van der Waals surface area contributed by atoms with Crippen molar-refractivity contribution in [2.45, 2.75) is 0 Å². The highest BCUT2D eigenvalue weighted by Gasteiger charge is 2.23. The first kappa shape index (κ1) is 29.2. The van der Waals surface area contributed by atoms with Crippen LogP contribution in [0.4, 0.5) is 0 Å². The maximum absolute atomic E-state index is 15.5. The van der Waals surface area contributed by atoms with E-state index in [4.69, 9.17) is 4.42 Å². The Hall–Kier alpha value is -7.37. The molecule has 12 aromatic rings. The molecule has 5 heteroatoms. The SMILES string of the molecule is O=c1c2c(ccc3c4ccccc4n(-c4ccc5c(c4)oc4ccccc45)c32)c2cc3c4ccccc4n(-c4ccccc4)c3cc2n1-c1ccccc1. The molecule has 5 nitrogen and oxygen atoms in total. The second-order valence-corrected chi connectivity index (χ2v) is 14.1. The van der Waals surface area contributed by atoms with Crippen LogP contribution in [0.3, 0.4) is 0 Å². The van der Waals surface area contributed by atoms with Crippen LogP contribution in [-0.4, -0.2) is 13.7 Å². The fraction of sp³-hybridized carbons (Fsp3) is 0. The van der Waals surface area contributed by atoms with Gasteiger partial charge in [0.1, 0.15) is 11.2 Å². The van der Waals surface area contributed by atoms with E-state index in [1.165, 1.54) is 0 Å². The molecule has 0 saturated heterocycles. The van der Waals surface area contributed by atoms with Gasteiger partial charge in [0, 0.05) is 60.8 Å². The average Bonchev–Trinajstić information content (AvgIpc) is 3.88. The van der Waals surface area contributed by atoms with Crippen LogP contribution in [0, 0.1) is 0 Å². The fourth-order valence-electron chi connectivity index (χ4n) is 8.94. The van der Waals surface area contributed by atoms with E-state index in [0.29, 0.717) is 5.39 Å². The van der Waals surface area contributed by atoms with Crippen molar-refractivity contribution in [1.82, 2.24) is 13.7 Å². The Morgan fingerprint density at radius 1 is 0.333 bits per heavy atom. The summed E-state index contributed by atoms with van der Waals surface area (Å²) in [7, 11) is 0. The second kappa shape index (κ2) is 10.8. The molecule has 0 fully saturated rings. The Balaban J connectivity index is 1.28. The minimum atomic E-state index is -0.0649. The molecule has 0 atom stereocenters. The van der Waals surface area contributed by atoms with E-state index in [1.54, 1.807) is 0 Å². The van der Waals surface area contributed by atoms with Crippen molar-refractivity contribution < 1.29 is 4.42 Å². The lowest BCUT2D eigenvalue weighted by atomic mass is 10.00. The Labute approximate surface area is 307 Å². The van der Waals surface area contributed by atoms with Gasteiger partial charge < -0.3 is 13.6 Å². The molecule has 8 aromatic carbocycles. The first-order valence-corrected chi connectivity index (χ1v) is 18.2. The van der Waals surface area contributed by atoms with Gasteiger partial charge in [0.25, 0.3) is 5.56 Å². The van der Waals surface area contributed by atoms with Gasteiger partial charge in [-0.3, -0.25) is 9.36 Å². The van der Waals surface area contributed by atoms with Crippen LogP contribution < -0.4 is 5.56 Å². The Bertz CT molecular complexity index is 3570. The zero-order valence-corrected chi connectivity index (χ0v) is 28.9. The molecule has 4 heterocycles. The molecular formula is C49H29N3O2. The molecule has 4 aromatic heterocycles. The molecule has 252 valence electrons. The maximum atomic E-state index is 15.5.